The van der Waals surface area contributed by atoms with E-state index in [-0.39, 0.29) is 6.04 Å². The first-order chi connectivity index (χ1) is 8.72. The Morgan fingerprint density at radius 3 is 2.72 bits per heavy atom. The van der Waals surface area contributed by atoms with Gasteiger partial charge in [-0.25, -0.2) is 0 Å². The van der Waals surface area contributed by atoms with Gasteiger partial charge in [0.05, 0.1) is 11.6 Å². The Hall–Kier alpha value is -2.19. The van der Waals surface area contributed by atoms with Crippen molar-refractivity contribution in [3.05, 3.63) is 35.7 Å². The molecule has 0 fully saturated rings. The van der Waals surface area contributed by atoms with E-state index in [9.17, 15) is 0 Å². The Labute approximate surface area is 105 Å². The number of hydrogen-bond donors (Lipinski definition) is 1. The molecule has 0 radical (unpaired) electrons. The van der Waals surface area contributed by atoms with E-state index < -0.39 is 0 Å². The zero-order chi connectivity index (χ0) is 13.0. The lowest BCUT2D eigenvalue weighted by Gasteiger charge is -2.02. The molecule has 1 unspecified atom stereocenters. The summed E-state index contributed by atoms with van der Waals surface area (Å²) in [7, 11) is 0. The van der Waals surface area contributed by atoms with Crippen LogP contribution in [0.2, 0.25) is 0 Å². The molecule has 2 aromatic rings. The van der Waals surface area contributed by atoms with Crippen LogP contribution in [0.4, 0.5) is 0 Å². The van der Waals surface area contributed by atoms with Crippen LogP contribution in [0, 0.1) is 11.3 Å². The molecule has 18 heavy (non-hydrogen) atoms. The van der Waals surface area contributed by atoms with Crippen molar-refractivity contribution < 1.29 is 4.52 Å². The molecule has 0 saturated heterocycles. The lowest BCUT2D eigenvalue weighted by molar-refractivity contribution is 0.419. The molecule has 1 heterocycles. The summed E-state index contributed by atoms with van der Waals surface area (Å²) >= 11 is 0. The Balaban J connectivity index is 2.16. The fraction of sp³-hybridized carbons (Fsp3) is 0.308. The van der Waals surface area contributed by atoms with Crippen LogP contribution < -0.4 is 5.73 Å². The molecule has 5 nitrogen and oxygen atoms in total. The van der Waals surface area contributed by atoms with Crippen LogP contribution in [-0.2, 0) is 6.42 Å². The molecule has 0 bridgehead atoms. The van der Waals surface area contributed by atoms with E-state index in [2.05, 4.69) is 16.2 Å². The van der Waals surface area contributed by atoms with E-state index in [0.29, 0.717) is 23.7 Å². The fourth-order valence-corrected chi connectivity index (χ4v) is 1.52. The summed E-state index contributed by atoms with van der Waals surface area (Å²) in [5.41, 5.74) is 7.24. The monoisotopic (exact) mass is 242 g/mol. The second-order valence-electron chi connectivity index (χ2n) is 4.08. The zero-order valence-corrected chi connectivity index (χ0v) is 10.1. The molecule has 92 valence electrons. The zero-order valence-electron chi connectivity index (χ0n) is 10.1. The SMILES string of the molecule is CCC(N)Cc1noc(-c2ccc(C#N)cc2)n1. The van der Waals surface area contributed by atoms with Crippen molar-refractivity contribution in [1.82, 2.24) is 10.1 Å². The first kappa shape index (κ1) is 12.3. The average molecular weight is 242 g/mol. The quantitative estimate of drug-likeness (QED) is 0.884. The number of rotatable bonds is 4. The maximum absolute atomic E-state index is 8.71. The number of hydrogen-bond acceptors (Lipinski definition) is 5. The smallest absolute Gasteiger partial charge is 0.257 e. The molecular formula is C13H14N4O. The third kappa shape index (κ3) is 2.73. The third-order valence-corrected chi connectivity index (χ3v) is 2.70. The van der Waals surface area contributed by atoms with E-state index >= 15 is 0 Å². The number of nitrogens with zero attached hydrogens (tertiary/aromatic N) is 3. The standard InChI is InChI=1S/C13H14N4O/c1-2-11(15)7-12-16-13(18-17-12)10-5-3-9(8-14)4-6-10/h3-6,11H,2,7,15H2,1H3. The van der Waals surface area contributed by atoms with Gasteiger partial charge in [0.2, 0.25) is 0 Å². The van der Waals surface area contributed by atoms with Gasteiger partial charge in [-0.3, -0.25) is 0 Å². The Morgan fingerprint density at radius 1 is 1.39 bits per heavy atom. The van der Waals surface area contributed by atoms with Crippen molar-refractivity contribution >= 4 is 0 Å². The van der Waals surface area contributed by atoms with Gasteiger partial charge in [-0.05, 0) is 30.7 Å². The molecule has 1 atom stereocenters. The van der Waals surface area contributed by atoms with E-state index in [0.717, 1.165) is 12.0 Å². The van der Waals surface area contributed by atoms with Crippen molar-refractivity contribution in [1.29, 1.82) is 5.26 Å². The minimum Gasteiger partial charge on any atom is -0.334 e. The first-order valence-electron chi connectivity index (χ1n) is 5.81. The highest BCUT2D eigenvalue weighted by Crippen LogP contribution is 2.17. The molecule has 0 aliphatic heterocycles. The predicted octanol–water partition coefficient (Wildman–Crippen LogP) is 1.89. The molecule has 0 amide bonds. The highest BCUT2D eigenvalue weighted by molar-refractivity contribution is 5.54. The Bertz CT molecular complexity index is 553. The van der Waals surface area contributed by atoms with Crippen molar-refractivity contribution in [2.24, 2.45) is 5.73 Å². The van der Waals surface area contributed by atoms with Crippen LogP contribution in [0.3, 0.4) is 0 Å². The summed E-state index contributed by atoms with van der Waals surface area (Å²) in [6, 6.07) is 9.13. The summed E-state index contributed by atoms with van der Waals surface area (Å²) in [5, 5.41) is 12.6. The van der Waals surface area contributed by atoms with Gasteiger partial charge in [0.15, 0.2) is 5.82 Å². The maximum Gasteiger partial charge on any atom is 0.257 e. The number of nitrogens with two attached hydrogens (primary N) is 1. The van der Waals surface area contributed by atoms with Crippen molar-refractivity contribution in [2.45, 2.75) is 25.8 Å². The predicted molar refractivity (Wildman–Crippen MR) is 66.4 cm³/mol. The fourth-order valence-electron chi connectivity index (χ4n) is 1.52. The summed E-state index contributed by atoms with van der Waals surface area (Å²) in [5.74, 6) is 1.07. The van der Waals surface area contributed by atoms with Crippen molar-refractivity contribution in [3.8, 4) is 17.5 Å². The van der Waals surface area contributed by atoms with Gasteiger partial charge in [0, 0.05) is 18.0 Å². The van der Waals surface area contributed by atoms with Gasteiger partial charge in [0.1, 0.15) is 0 Å². The van der Waals surface area contributed by atoms with Crippen LogP contribution in [0.5, 0.6) is 0 Å². The average Bonchev–Trinajstić information content (AvgIpc) is 2.87. The van der Waals surface area contributed by atoms with Gasteiger partial charge in [-0.1, -0.05) is 12.1 Å². The van der Waals surface area contributed by atoms with E-state index in [1.165, 1.54) is 0 Å². The van der Waals surface area contributed by atoms with E-state index in [1.807, 2.05) is 6.92 Å². The van der Waals surface area contributed by atoms with Crippen LogP contribution in [0.1, 0.15) is 24.7 Å². The number of nitriles is 1. The number of benzene rings is 1. The van der Waals surface area contributed by atoms with Crippen LogP contribution >= 0.6 is 0 Å². The van der Waals surface area contributed by atoms with Crippen LogP contribution in [0.15, 0.2) is 28.8 Å². The molecular weight excluding hydrogens is 228 g/mol. The van der Waals surface area contributed by atoms with Gasteiger partial charge >= 0.3 is 0 Å². The molecule has 0 aliphatic carbocycles. The van der Waals surface area contributed by atoms with Gasteiger partial charge in [-0.15, -0.1) is 0 Å². The summed E-state index contributed by atoms with van der Waals surface area (Å²) in [6.07, 6.45) is 1.48. The second-order valence-corrected chi connectivity index (χ2v) is 4.08. The highest BCUT2D eigenvalue weighted by atomic mass is 16.5. The van der Waals surface area contributed by atoms with Gasteiger partial charge in [-0.2, -0.15) is 10.2 Å². The summed E-state index contributed by atoms with van der Waals surface area (Å²) in [4.78, 5) is 4.28. The van der Waals surface area contributed by atoms with Crippen molar-refractivity contribution in [2.75, 3.05) is 0 Å². The number of aromatic nitrogens is 2. The summed E-state index contributed by atoms with van der Waals surface area (Å²) < 4.78 is 5.17. The molecule has 1 aromatic carbocycles. The van der Waals surface area contributed by atoms with Crippen LogP contribution in [0.25, 0.3) is 11.5 Å². The Kier molecular flexibility index (Phi) is 3.70. The molecule has 2 N–H and O–H groups in total. The normalized spacial score (nSPS) is 12.1. The minimum atomic E-state index is 0.0522. The topological polar surface area (TPSA) is 88.7 Å². The van der Waals surface area contributed by atoms with E-state index in [4.69, 9.17) is 15.5 Å². The Morgan fingerprint density at radius 2 is 2.11 bits per heavy atom. The molecule has 2 rings (SSSR count). The maximum atomic E-state index is 8.71. The van der Waals surface area contributed by atoms with Crippen LogP contribution in [-0.4, -0.2) is 16.2 Å². The van der Waals surface area contributed by atoms with E-state index in [1.54, 1.807) is 24.3 Å². The van der Waals surface area contributed by atoms with Crippen molar-refractivity contribution in [3.63, 3.8) is 0 Å². The lowest BCUT2D eigenvalue weighted by atomic mass is 10.1. The molecule has 0 aliphatic rings. The second kappa shape index (κ2) is 5.43. The van der Waals surface area contributed by atoms with Gasteiger partial charge < -0.3 is 10.3 Å². The molecule has 0 spiro atoms. The minimum absolute atomic E-state index is 0.0522. The molecule has 0 saturated carbocycles. The largest absolute Gasteiger partial charge is 0.334 e. The third-order valence-electron chi connectivity index (χ3n) is 2.70. The van der Waals surface area contributed by atoms with Gasteiger partial charge in [0.25, 0.3) is 5.89 Å². The summed E-state index contributed by atoms with van der Waals surface area (Å²) in [6.45, 7) is 2.02. The molecule has 1 aromatic heterocycles. The first-order valence-corrected chi connectivity index (χ1v) is 5.81. The lowest BCUT2D eigenvalue weighted by Crippen LogP contribution is -2.21. The molecule has 5 heteroatoms. The highest BCUT2D eigenvalue weighted by Gasteiger charge is 2.11.